The summed E-state index contributed by atoms with van der Waals surface area (Å²) in [6.07, 6.45) is 3.49. The van der Waals surface area contributed by atoms with E-state index < -0.39 is 5.97 Å². The second-order valence-corrected chi connectivity index (χ2v) is 6.64. The summed E-state index contributed by atoms with van der Waals surface area (Å²) in [4.78, 5) is 23.4. The Labute approximate surface area is 132 Å². The van der Waals surface area contributed by atoms with Crippen LogP contribution in [0.5, 0.6) is 0 Å². The third-order valence-corrected chi connectivity index (χ3v) is 5.22. The van der Waals surface area contributed by atoms with Crippen LogP contribution in [0.15, 0.2) is 23.3 Å². The zero-order valence-corrected chi connectivity index (χ0v) is 14.0. The summed E-state index contributed by atoms with van der Waals surface area (Å²) < 4.78 is 10.4. The fourth-order valence-electron chi connectivity index (χ4n) is 4.01. The maximum Gasteiger partial charge on any atom is 0.333 e. The maximum absolute atomic E-state index is 11.9. The van der Waals surface area contributed by atoms with Gasteiger partial charge in [0.15, 0.2) is 0 Å². The summed E-state index contributed by atoms with van der Waals surface area (Å²) in [6.45, 7) is 9.72. The van der Waals surface area contributed by atoms with Crippen molar-refractivity contribution in [3.05, 3.63) is 23.3 Å². The number of hydrogen-bond donors (Lipinski definition) is 0. The predicted molar refractivity (Wildman–Crippen MR) is 84.0 cm³/mol. The number of allylic oxidation sites excluding steroid dienone is 2. The highest BCUT2D eigenvalue weighted by atomic mass is 16.5. The molecule has 0 spiro atoms. The summed E-state index contributed by atoms with van der Waals surface area (Å²) in [5.74, 6) is 0.0646. The predicted octanol–water partition coefficient (Wildman–Crippen LogP) is 3.42. The van der Waals surface area contributed by atoms with Gasteiger partial charge in [-0.05, 0) is 44.4 Å². The average Bonchev–Trinajstić information content (AvgIpc) is 2.76. The van der Waals surface area contributed by atoms with Crippen LogP contribution in [0.25, 0.3) is 0 Å². The summed E-state index contributed by atoms with van der Waals surface area (Å²) in [5, 5.41) is 0. The third-order valence-electron chi connectivity index (χ3n) is 5.22. The van der Waals surface area contributed by atoms with E-state index in [1.165, 1.54) is 25.2 Å². The molecule has 0 bridgehead atoms. The van der Waals surface area contributed by atoms with E-state index in [9.17, 15) is 9.59 Å². The Morgan fingerprint density at radius 3 is 2.59 bits per heavy atom. The Kier molecular flexibility index (Phi) is 5.09. The van der Waals surface area contributed by atoms with Crippen LogP contribution in [0, 0.1) is 17.8 Å². The van der Waals surface area contributed by atoms with Gasteiger partial charge in [0.2, 0.25) is 0 Å². The van der Waals surface area contributed by atoms with Crippen LogP contribution in [0.3, 0.4) is 0 Å². The van der Waals surface area contributed by atoms with Crippen molar-refractivity contribution in [2.45, 2.75) is 52.6 Å². The largest absolute Gasteiger partial charge is 0.466 e. The van der Waals surface area contributed by atoms with E-state index in [1.54, 1.807) is 0 Å². The number of fused-ring (bicyclic) bond motifs is 1. The van der Waals surface area contributed by atoms with Crippen LogP contribution < -0.4 is 0 Å². The molecular weight excluding hydrogens is 280 g/mol. The minimum absolute atomic E-state index is 0.188. The molecular formula is C18H26O4. The number of hydrogen-bond acceptors (Lipinski definition) is 4. The quantitative estimate of drug-likeness (QED) is 0.455. The van der Waals surface area contributed by atoms with Gasteiger partial charge < -0.3 is 9.47 Å². The topological polar surface area (TPSA) is 52.6 Å². The van der Waals surface area contributed by atoms with Crippen molar-refractivity contribution >= 4 is 11.9 Å². The molecule has 0 saturated heterocycles. The molecule has 4 atom stereocenters. The number of methoxy groups -OCH3 is 1. The van der Waals surface area contributed by atoms with Gasteiger partial charge in [0.1, 0.15) is 6.10 Å². The summed E-state index contributed by atoms with van der Waals surface area (Å²) in [7, 11) is 1.36. The SMILES string of the molecule is C=C(C(=O)OC)C1CC2=C(C)CCC2C(C)CC1OC(C)=O. The van der Waals surface area contributed by atoms with Crippen molar-refractivity contribution in [1.82, 2.24) is 0 Å². The smallest absolute Gasteiger partial charge is 0.333 e. The molecule has 0 aromatic rings. The Hall–Kier alpha value is -1.58. The van der Waals surface area contributed by atoms with Crippen LogP contribution in [0.2, 0.25) is 0 Å². The van der Waals surface area contributed by atoms with Gasteiger partial charge in [0.25, 0.3) is 0 Å². The second-order valence-electron chi connectivity index (χ2n) is 6.64. The van der Waals surface area contributed by atoms with Crippen LogP contribution >= 0.6 is 0 Å². The molecule has 0 heterocycles. The normalized spacial score (nSPS) is 31.3. The van der Waals surface area contributed by atoms with Gasteiger partial charge >= 0.3 is 11.9 Å². The molecule has 4 nitrogen and oxygen atoms in total. The number of ether oxygens (including phenoxy) is 2. The van der Waals surface area contributed by atoms with E-state index >= 15 is 0 Å². The van der Waals surface area contributed by atoms with Crippen LogP contribution in [-0.2, 0) is 19.1 Å². The highest BCUT2D eigenvalue weighted by Crippen LogP contribution is 2.47. The Morgan fingerprint density at radius 2 is 2.00 bits per heavy atom. The first-order chi connectivity index (χ1) is 10.3. The zero-order valence-electron chi connectivity index (χ0n) is 14.0. The molecule has 0 aliphatic heterocycles. The highest BCUT2D eigenvalue weighted by molar-refractivity contribution is 5.88. The zero-order chi connectivity index (χ0) is 16.4. The first-order valence-electron chi connectivity index (χ1n) is 7.98. The lowest BCUT2D eigenvalue weighted by atomic mass is 9.86. The minimum Gasteiger partial charge on any atom is -0.466 e. The molecule has 2 rings (SSSR count). The molecule has 22 heavy (non-hydrogen) atoms. The number of esters is 2. The van der Waals surface area contributed by atoms with Gasteiger partial charge in [-0.25, -0.2) is 4.79 Å². The van der Waals surface area contributed by atoms with Gasteiger partial charge in [-0.1, -0.05) is 24.6 Å². The van der Waals surface area contributed by atoms with E-state index in [0.717, 1.165) is 25.7 Å². The van der Waals surface area contributed by atoms with Crippen molar-refractivity contribution in [3.63, 3.8) is 0 Å². The van der Waals surface area contributed by atoms with Crippen molar-refractivity contribution in [2.75, 3.05) is 7.11 Å². The van der Waals surface area contributed by atoms with E-state index in [4.69, 9.17) is 9.47 Å². The number of carbonyl (C=O) groups excluding carboxylic acids is 2. The van der Waals surface area contributed by atoms with Gasteiger partial charge in [-0.2, -0.15) is 0 Å². The molecule has 1 fully saturated rings. The van der Waals surface area contributed by atoms with Crippen LogP contribution in [0.4, 0.5) is 0 Å². The van der Waals surface area contributed by atoms with E-state index in [2.05, 4.69) is 20.4 Å². The second kappa shape index (κ2) is 6.67. The molecule has 122 valence electrons. The average molecular weight is 306 g/mol. The first-order valence-corrected chi connectivity index (χ1v) is 7.98. The van der Waals surface area contributed by atoms with Crippen molar-refractivity contribution in [3.8, 4) is 0 Å². The molecule has 4 heteroatoms. The molecule has 4 unspecified atom stereocenters. The lowest BCUT2D eigenvalue weighted by Gasteiger charge is -2.26. The highest BCUT2D eigenvalue weighted by Gasteiger charge is 2.41. The molecule has 0 radical (unpaired) electrons. The Bertz CT molecular complexity index is 517. The van der Waals surface area contributed by atoms with Gasteiger partial charge in [-0.3, -0.25) is 4.79 Å². The summed E-state index contributed by atoms with van der Waals surface area (Å²) in [6, 6.07) is 0. The van der Waals surface area contributed by atoms with Crippen LogP contribution in [-0.4, -0.2) is 25.2 Å². The number of carbonyl (C=O) groups is 2. The van der Waals surface area contributed by atoms with Gasteiger partial charge in [0.05, 0.1) is 7.11 Å². The minimum atomic E-state index is -0.412. The number of rotatable bonds is 3. The monoisotopic (exact) mass is 306 g/mol. The third kappa shape index (κ3) is 3.26. The lowest BCUT2D eigenvalue weighted by Crippen LogP contribution is -2.30. The molecule has 1 saturated carbocycles. The van der Waals surface area contributed by atoms with Gasteiger partial charge in [0, 0.05) is 18.4 Å². The molecule has 0 aromatic heterocycles. The van der Waals surface area contributed by atoms with Crippen molar-refractivity contribution in [1.29, 1.82) is 0 Å². The maximum atomic E-state index is 11.9. The lowest BCUT2D eigenvalue weighted by molar-refractivity contribution is -0.150. The Morgan fingerprint density at radius 1 is 1.32 bits per heavy atom. The van der Waals surface area contributed by atoms with E-state index in [-0.39, 0.29) is 18.0 Å². The Balaban J connectivity index is 2.35. The molecule has 0 amide bonds. The molecule has 0 aromatic carbocycles. The summed E-state index contributed by atoms with van der Waals surface area (Å²) in [5.41, 5.74) is 3.26. The summed E-state index contributed by atoms with van der Waals surface area (Å²) >= 11 is 0. The van der Waals surface area contributed by atoms with E-state index in [1.807, 2.05) is 0 Å². The van der Waals surface area contributed by atoms with E-state index in [0.29, 0.717) is 17.4 Å². The molecule has 2 aliphatic carbocycles. The van der Waals surface area contributed by atoms with Gasteiger partial charge in [-0.15, -0.1) is 0 Å². The molecule has 0 N–H and O–H groups in total. The van der Waals surface area contributed by atoms with Crippen molar-refractivity contribution in [2.24, 2.45) is 17.8 Å². The standard InChI is InChI=1S/C18H26O4/c1-10-6-7-14-11(2)8-17(22-13(4)19)16(9-15(10)14)12(3)18(20)21-5/h11,14,16-17H,3,6-9H2,1-2,4-5H3. The first kappa shape index (κ1) is 16.8. The fraction of sp³-hybridized carbons (Fsp3) is 0.667. The fourth-order valence-corrected chi connectivity index (χ4v) is 4.01. The van der Waals surface area contributed by atoms with Crippen LogP contribution in [0.1, 0.15) is 46.5 Å². The molecule has 2 aliphatic rings. The van der Waals surface area contributed by atoms with Crippen molar-refractivity contribution < 1.29 is 19.1 Å².